The van der Waals surface area contributed by atoms with Crippen LogP contribution in [0.1, 0.15) is 24.1 Å². The Kier molecular flexibility index (Phi) is 3.17. The minimum atomic E-state index is 0. The molecule has 0 aromatic heterocycles. The summed E-state index contributed by atoms with van der Waals surface area (Å²) >= 11 is 0. The maximum absolute atomic E-state index is 5.86. The summed E-state index contributed by atoms with van der Waals surface area (Å²) in [5.74, 6) is 0. The Labute approximate surface area is 84.9 Å². The Morgan fingerprint density at radius 1 is 1.46 bits per heavy atom. The smallest absolute Gasteiger partial charge is 0.0376 e. The second kappa shape index (κ2) is 3.99. The summed E-state index contributed by atoms with van der Waals surface area (Å²) in [6.07, 6.45) is 1.12. The summed E-state index contributed by atoms with van der Waals surface area (Å²) in [5, 5.41) is 3.34. The van der Waals surface area contributed by atoms with E-state index in [1.807, 2.05) is 6.92 Å². The molecule has 1 atom stereocenters. The largest absolute Gasteiger partial charge is 0.384 e. The molecule has 1 aliphatic heterocycles. The third-order valence-corrected chi connectivity index (χ3v) is 2.39. The molecule has 0 bridgehead atoms. The third-order valence-electron chi connectivity index (χ3n) is 2.39. The average Bonchev–Trinajstić information content (AvgIpc) is 2.49. The van der Waals surface area contributed by atoms with Gasteiger partial charge in [-0.3, -0.25) is 0 Å². The zero-order valence-corrected chi connectivity index (χ0v) is 8.53. The molecule has 3 N–H and O–H groups in total. The van der Waals surface area contributed by atoms with Gasteiger partial charge in [0.25, 0.3) is 0 Å². The minimum Gasteiger partial charge on any atom is -0.384 e. The van der Waals surface area contributed by atoms with Crippen molar-refractivity contribution < 1.29 is 0 Å². The first-order valence-electron chi connectivity index (χ1n) is 4.40. The topological polar surface area (TPSA) is 38.0 Å². The van der Waals surface area contributed by atoms with Gasteiger partial charge < -0.3 is 11.1 Å². The quantitative estimate of drug-likeness (QED) is 0.726. The van der Waals surface area contributed by atoms with Crippen LogP contribution in [-0.4, -0.2) is 6.54 Å². The van der Waals surface area contributed by atoms with E-state index in [0.717, 1.165) is 13.0 Å². The number of halogens is 1. The van der Waals surface area contributed by atoms with Crippen LogP contribution in [0.4, 0.5) is 5.69 Å². The van der Waals surface area contributed by atoms with Crippen LogP contribution in [-0.2, 0) is 6.42 Å². The van der Waals surface area contributed by atoms with E-state index in [0.29, 0.717) is 0 Å². The summed E-state index contributed by atoms with van der Waals surface area (Å²) < 4.78 is 0. The van der Waals surface area contributed by atoms with Gasteiger partial charge in [-0.2, -0.15) is 0 Å². The molecule has 0 saturated carbocycles. The molecule has 2 rings (SSSR count). The van der Waals surface area contributed by atoms with E-state index in [-0.39, 0.29) is 18.4 Å². The van der Waals surface area contributed by atoms with E-state index in [2.05, 4.69) is 23.5 Å². The Balaban J connectivity index is 0.000000845. The molecule has 1 heterocycles. The van der Waals surface area contributed by atoms with Crippen molar-refractivity contribution in [2.45, 2.75) is 19.4 Å². The molecule has 0 spiro atoms. The summed E-state index contributed by atoms with van der Waals surface area (Å²) in [5.41, 5.74) is 9.83. The van der Waals surface area contributed by atoms with Gasteiger partial charge in [0.1, 0.15) is 0 Å². The first-order valence-corrected chi connectivity index (χ1v) is 4.40. The second-order valence-electron chi connectivity index (χ2n) is 3.34. The molecule has 13 heavy (non-hydrogen) atoms. The Hall–Kier alpha value is -0.730. The fraction of sp³-hybridized carbons (Fsp3) is 0.400. The lowest BCUT2D eigenvalue weighted by molar-refractivity contribution is 0.805. The summed E-state index contributed by atoms with van der Waals surface area (Å²) in [7, 11) is 0. The van der Waals surface area contributed by atoms with Gasteiger partial charge in [0, 0.05) is 18.3 Å². The van der Waals surface area contributed by atoms with Crippen LogP contribution >= 0.6 is 12.4 Å². The van der Waals surface area contributed by atoms with Crippen LogP contribution in [0.5, 0.6) is 0 Å². The van der Waals surface area contributed by atoms with Gasteiger partial charge >= 0.3 is 0 Å². The number of benzene rings is 1. The molecule has 1 aromatic carbocycles. The summed E-state index contributed by atoms with van der Waals surface area (Å²) in [4.78, 5) is 0. The van der Waals surface area contributed by atoms with Crippen molar-refractivity contribution in [2.24, 2.45) is 5.73 Å². The number of fused-ring (bicyclic) bond motifs is 1. The van der Waals surface area contributed by atoms with Gasteiger partial charge in [-0.1, -0.05) is 12.1 Å². The van der Waals surface area contributed by atoms with Gasteiger partial charge in [-0.05, 0) is 30.5 Å². The van der Waals surface area contributed by atoms with Crippen molar-refractivity contribution in [1.29, 1.82) is 0 Å². The van der Waals surface area contributed by atoms with Crippen LogP contribution in [0.25, 0.3) is 0 Å². The van der Waals surface area contributed by atoms with E-state index in [9.17, 15) is 0 Å². The van der Waals surface area contributed by atoms with Crippen LogP contribution < -0.4 is 11.1 Å². The van der Waals surface area contributed by atoms with Gasteiger partial charge in [0.2, 0.25) is 0 Å². The highest BCUT2D eigenvalue weighted by Gasteiger charge is 2.14. The average molecular weight is 199 g/mol. The lowest BCUT2D eigenvalue weighted by Crippen LogP contribution is -2.07. The van der Waals surface area contributed by atoms with E-state index in [4.69, 9.17) is 5.73 Å². The number of rotatable bonds is 1. The maximum atomic E-state index is 5.86. The van der Waals surface area contributed by atoms with E-state index in [1.165, 1.54) is 16.8 Å². The van der Waals surface area contributed by atoms with Crippen LogP contribution in [0.15, 0.2) is 18.2 Å². The zero-order chi connectivity index (χ0) is 8.55. The Morgan fingerprint density at radius 2 is 2.23 bits per heavy atom. The van der Waals surface area contributed by atoms with Crippen molar-refractivity contribution in [3.05, 3.63) is 29.3 Å². The Morgan fingerprint density at radius 3 is 2.92 bits per heavy atom. The van der Waals surface area contributed by atoms with Crippen molar-refractivity contribution >= 4 is 18.1 Å². The molecule has 0 saturated heterocycles. The standard InChI is InChI=1S/C10H14N2.ClH/c1-7(11)8-3-2-4-10-9(8)5-6-12-10;/h2-4,7,12H,5-6,11H2,1H3;1H. The van der Waals surface area contributed by atoms with Crippen LogP contribution in [0, 0.1) is 0 Å². The predicted molar refractivity (Wildman–Crippen MR) is 58.5 cm³/mol. The lowest BCUT2D eigenvalue weighted by atomic mass is 10.0. The minimum absolute atomic E-state index is 0. The summed E-state index contributed by atoms with van der Waals surface area (Å²) in [6.45, 7) is 3.09. The molecule has 0 amide bonds. The van der Waals surface area contributed by atoms with Crippen molar-refractivity contribution in [2.75, 3.05) is 11.9 Å². The van der Waals surface area contributed by atoms with E-state index in [1.54, 1.807) is 0 Å². The molecule has 2 nitrogen and oxygen atoms in total. The molecule has 1 aliphatic rings. The second-order valence-corrected chi connectivity index (χ2v) is 3.34. The van der Waals surface area contributed by atoms with Crippen LogP contribution in [0.2, 0.25) is 0 Å². The maximum Gasteiger partial charge on any atom is 0.0376 e. The van der Waals surface area contributed by atoms with Crippen molar-refractivity contribution in [3.63, 3.8) is 0 Å². The number of hydrogen-bond acceptors (Lipinski definition) is 2. The molecule has 0 radical (unpaired) electrons. The fourth-order valence-electron chi connectivity index (χ4n) is 1.80. The first-order chi connectivity index (χ1) is 5.79. The molecule has 0 aliphatic carbocycles. The number of nitrogens with one attached hydrogen (secondary N) is 1. The van der Waals surface area contributed by atoms with Gasteiger partial charge in [0.15, 0.2) is 0 Å². The molecular formula is C10H15ClN2. The normalized spacial score (nSPS) is 15.5. The zero-order valence-electron chi connectivity index (χ0n) is 7.71. The predicted octanol–water partition coefficient (Wildman–Crippen LogP) is 2.10. The van der Waals surface area contributed by atoms with Crippen molar-refractivity contribution in [3.8, 4) is 0 Å². The number of anilines is 1. The highest BCUT2D eigenvalue weighted by Crippen LogP contribution is 2.28. The third kappa shape index (κ3) is 1.79. The molecule has 1 unspecified atom stereocenters. The lowest BCUT2D eigenvalue weighted by Gasteiger charge is -2.10. The monoisotopic (exact) mass is 198 g/mol. The van der Waals surface area contributed by atoms with E-state index < -0.39 is 0 Å². The fourth-order valence-corrected chi connectivity index (χ4v) is 1.80. The molecule has 3 heteroatoms. The molecule has 72 valence electrons. The highest BCUT2D eigenvalue weighted by atomic mass is 35.5. The molecule has 0 fully saturated rings. The van der Waals surface area contributed by atoms with Crippen molar-refractivity contribution in [1.82, 2.24) is 0 Å². The van der Waals surface area contributed by atoms with Gasteiger partial charge in [-0.15, -0.1) is 12.4 Å². The number of nitrogens with two attached hydrogens (primary N) is 1. The van der Waals surface area contributed by atoms with Crippen LogP contribution in [0.3, 0.4) is 0 Å². The Bertz CT molecular complexity index is 297. The van der Waals surface area contributed by atoms with Gasteiger partial charge in [0.05, 0.1) is 0 Å². The molecule has 1 aromatic rings. The number of hydrogen-bond donors (Lipinski definition) is 2. The van der Waals surface area contributed by atoms with E-state index >= 15 is 0 Å². The first kappa shape index (κ1) is 10.4. The summed E-state index contributed by atoms with van der Waals surface area (Å²) in [6, 6.07) is 6.46. The molecular weight excluding hydrogens is 184 g/mol. The SMILES string of the molecule is CC(N)c1cccc2c1CCN2.Cl. The highest BCUT2D eigenvalue weighted by molar-refractivity contribution is 5.85. The van der Waals surface area contributed by atoms with Gasteiger partial charge in [-0.25, -0.2) is 0 Å².